The number of unbranched alkanes of at least 4 members (excludes halogenated alkanes) is 12. The quantitative estimate of drug-likeness (QED) is 0.141. The predicted octanol–water partition coefficient (Wildman–Crippen LogP) is 4.93. The molecule has 1 rings (SSSR count). The van der Waals surface area contributed by atoms with Gasteiger partial charge in [0.15, 0.2) is 0 Å². The Hall–Kier alpha value is -1.13. The molecule has 2 atom stereocenters. The monoisotopic (exact) mass is 507 g/mol. The largest absolute Gasteiger partial charge is 1.00 e. The van der Waals surface area contributed by atoms with Crippen LogP contribution in [0.5, 0.6) is 0 Å². The van der Waals surface area contributed by atoms with Crippen LogP contribution < -0.4 is 12.4 Å². The van der Waals surface area contributed by atoms with Crippen molar-refractivity contribution in [1.82, 2.24) is 0 Å². The third-order valence-electron chi connectivity index (χ3n) is 6.47. The maximum atomic E-state index is 10.2. The Kier molecular flexibility index (Phi) is 21.4. The molecule has 0 aliphatic carbocycles. The Labute approximate surface area is 223 Å². The van der Waals surface area contributed by atoms with Crippen LogP contribution in [-0.4, -0.2) is 40.0 Å². The Morgan fingerprint density at radius 2 is 1.20 bits per heavy atom. The van der Waals surface area contributed by atoms with Gasteiger partial charge in [-0.25, -0.2) is 0 Å². The number of benzene rings is 1. The minimum absolute atomic E-state index is 0. The van der Waals surface area contributed by atoms with Crippen molar-refractivity contribution in [3.63, 3.8) is 0 Å². The number of nitrogens with zero attached hydrogens (tertiary/aromatic N) is 1. The first-order valence-corrected chi connectivity index (χ1v) is 14.1. The molecule has 2 unspecified atom stereocenters. The highest BCUT2D eigenvalue weighted by Gasteiger charge is 2.29. The highest BCUT2D eigenvalue weighted by atomic mass is 35.5. The van der Waals surface area contributed by atoms with Crippen LogP contribution in [-0.2, 0) is 6.54 Å². The fourth-order valence-electron chi connectivity index (χ4n) is 4.89. The van der Waals surface area contributed by atoms with Crippen molar-refractivity contribution in [2.24, 2.45) is 0 Å². The third-order valence-corrected chi connectivity index (χ3v) is 6.47. The van der Waals surface area contributed by atoms with E-state index in [-0.39, 0.29) is 12.4 Å². The first-order chi connectivity index (χ1) is 16.5. The van der Waals surface area contributed by atoms with Crippen LogP contribution in [0.15, 0.2) is 54.8 Å². The molecule has 0 saturated carbocycles. The van der Waals surface area contributed by atoms with Crippen molar-refractivity contribution >= 4 is 0 Å². The van der Waals surface area contributed by atoms with E-state index < -0.39 is 12.2 Å². The van der Waals surface area contributed by atoms with Crippen LogP contribution in [0.25, 0.3) is 0 Å². The molecule has 35 heavy (non-hydrogen) atoms. The lowest BCUT2D eigenvalue weighted by molar-refractivity contribution is -0.898. The third kappa shape index (κ3) is 18.8. The van der Waals surface area contributed by atoms with E-state index in [9.17, 15) is 10.2 Å². The molecule has 0 aliphatic rings. The zero-order valence-corrected chi connectivity index (χ0v) is 23.6. The van der Waals surface area contributed by atoms with Crippen LogP contribution in [0.1, 0.15) is 110 Å². The van der Waals surface area contributed by atoms with Gasteiger partial charge in [-0.05, 0) is 32.8 Å². The van der Waals surface area contributed by atoms with Gasteiger partial charge in [0.2, 0.25) is 0 Å². The topological polar surface area (TPSA) is 40.5 Å². The lowest BCUT2D eigenvalue weighted by Crippen LogP contribution is -3.00. The zero-order chi connectivity index (χ0) is 24.9. The summed E-state index contributed by atoms with van der Waals surface area (Å²) in [6.07, 6.45) is 25.5. The molecule has 3 nitrogen and oxygen atoms in total. The van der Waals surface area contributed by atoms with Crippen LogP contribution in [0.3, 0.4) is 0 Å². The number of aliphatic hydroxyl groups is 2. The Balaban J connectivity index is 0.0000116. The van der Waals surface area contributed by atoms with Gasteiger partial charge < -0.3 is 22.6 Å². The van der Waals surface area contributed by atoms with Gasteiger partial charge in [0.25, 0.3) is 0 Å². The van der Waals surface area contributed by atoms with E-state index >= 15 is 0 Å². The number of aliphatic hydroxyl groups excluding tert-OH is 2. The molecule has 2 N–H and O–H groups in total. The molecule has 202 valence electrons. The van der Waals surface area contributed by atoms with Gasteiger partial charge in [0.05, 0.1) is 6.20 Å². The van der Waals surface area contributed by atoms with E-state index in [2.05, 4.69) is 43.5 Å². The zero-order valence-electron chi connectivity index (χ0n) is 22.9. The minimum Gasteiger partial charge on any atom is -1.00 e. The molecule has 0 heterocycles. The molecule has 1 aromatic rings. The molecule has 0 amide bonds. The fraction of sp³-hybridized carbons (Fsp3) is 0.677. The highest BCUT2D eigenvalue weighted by Crippen LogP contribution is 2.19. The van der Waals surface area contributed by atoms with E-state index in [1.165, 1.54) is 82.6 Å². The Bertz CT molecular complexity index is 633. The first kappa shape index (κ1) is 33.9. The lowest BCUT2D eigenvalue weighted by atomic mass is 10.0. The molecule has 1 aromatic carbocycles. The second-order valence-corrected chi connectivity index (χ2v) is 10.4. The summed E-state index contributed by atoms with van der Waals surface area (Å²) >= 11 is 0. The summed E-state index contributed by atoms with van der Waals surface area (Å²) in [4.78, 5) is 0. The number of hydrogen-bond acceptors (Lipinski definition) is 2. The summed E-state index contributed by atoms with van der Waals surface area (Å²) < 4.78 is 0.544. The second kappa shape index (κ2) is 22.1. The maximum absolute atomic E-state index is 10.2. The van der Waals surface area contributed by atoms with E-state index in [1.807, 2.05) is 32.0 Å². The van der Waals surface area contributed by atoms with Crippen LogP contribution in [0.4, 0.5) is 0 Å². The van der Waals surface area contributed by atoms with E-state index in [4.69, 9.17) is 0 Å². The molecule has 4 heteroatoms. The maximum Gasteiger partial charge on any atom is 0.109 e. The molecule has 0 fully saturated rings. The number of rotatable bonds is 21. The van der Waals surface area contributed by atoms with Gasteiger partial charge in [-0.1, -0.05) is 120 Å². The predicted molar refractivity (Wildman–Crippen MR) is 147 cm³/mol. The van der Waals surface area contributed by atoms with Gasteiger partial charge >= 0.3 is 0 Å². The minimum atomic E-state index is -0.433. The van der Waals surface area contributed by atoms with Crippen molar-refractivity contribution in [3.8, 4) is 0 Å². The number of hydrogen-bond donors (Lipinski definition) is 2. The van der Waals surface area contributed by atoms with Gasteiger partial charge in [0.1, 0.15) is 31.8 Å². The van der Waals surface area contributed by atoms with Gasteiger partial charge in [-0.15, -0.1) is 0 Å². The standard InChI is InChI=1S/C31H54NO2.ClH/c1-4-5-6-7-8-9-10-11-12-13-14-15-16-17-18-22-25-32(26-29(2)33,27-30(3)34)28-31-23-20-19-21-24-31;/h17-25,29-30,33-34H,4-16,26-28H2,1-3H3;1H/q+1;/p-1. The van der Waals surface area contributed by atoms with Crippen LogP contribution in [0, 0.1) is 0 Å². The smallest absolute Gasteiger partial charge is 0.109 e. The average molecular weight is 508 g/mol. The molecule has 0 aromatic heterocycles. The second-order valence-electron chi connectivity index (χ2n) is 10.4. The van der Waals surface area contributed by atoms with Crippen molar-refractivity contribution < 1.29 is 27.1 Å². The van der Waals surface area contributed by atoms with Crippen molar-refractivity contribution in [1.29, 1.82) is 0 Å². The van der Waals surface area contributed by atoms with Crippen molar-refractivity contribution in [3.05, 3.63) is 60.3 Å². The number of allylic oxidation sites excluding steroid dienone is 3. The normalized spacial score (nSPS) is 15.2. The molecule has 0 spiro atoms. The molecule has 0 radical (unpaired) electrons. The highest BCUT2D eigenvalue weighted by molar-refractivity contribution is 5.14. The summed E-state index contributed by atoms with van der Waals surface area (Å²) in [5, 5.41) is 20.3. The number of halogens is 1. The fourth-order valence-corrected chi connectivity index (χ4v) is 4.89. The summed E-state index contributed by atoms with van der Waals surface area (Å²) in [6.45, 7) is 7.88. The van der Waals surface area contributed by atoms with Gasteiger partial charge in [-0.3, -0.25) is 4.48 Å². The average Bonchev–Trinajstić information content (AvgIpc) is 2.78. The molecular weight excluding hydrogens is 454 g/mol. The van der Waals surface area contributed by atoms with E-state index in [0.717, 1.165) is 13.0 Å². The Morgan fingerprint density at radius 1 is 0.714 bits per heavy atom. The summed E-state index contributed by atoms with van der Waals surface area (Å²) in [6, 6.07) is 10.4. The SMILES string of the molecule is CCCCCCCCCCCCCCC=CC=C[N+](Cc1ccccc1)(CC(C)O)CC(C)O.[Cl-]. The number of quaternary nitrogens is 1. The van der Waals surface area contributed by atoms with Crippen LogP contribution in [0.2, 0.25) is 0 Å². The van der Waals surface area contributed by atoms with Gasteiger partial charge in [-0.2, -0.15) is 0 Å². The lowest BCUT2D eigenvalue weighted by Gasteiger charge is -2.37. The molecular formula is C31H54ClNO2. The van der Waals surface area contributed by atoms with Crippen molar-refractivity contribution in [2.75, 3.05) is 13.1 Å². The van der Waals surface area contributed by atoms with E-state index in [0.29, 0.717) is 17.6 Å². The summed E-state index contributed by atoms with van der Waals surface area (Å²) in [5.74, 6) is 0. The Morgan fingerprint density at radius 3 is 1.69 bits per heavy atom. The van der Waals surface area contributed by atoms with E-state index in [1.54, 1.807) is 0 Å². The van der Waals surface area contributed by atoms with Gasteiger partial charge in [0, 0.05) is 5.56 Å². The van der Waals surface area contributed by atoms with Crippen LogP contribution >= 0.6 is 0 Å². The molecule has 0 saturated heterocycles. The summed E-state index contributed by atoms with van der Waals surface area (Å²) in [5.41, 5.74) is 1.22. The molecule has 0 bridgehead atoms. The summed E-state index contributed by atoms with van der Waals surface area (Å²) in [7, 11) is 0. The first-order valence-electron chi connectivity index (χ1n) is 14.1. The van der Waals surface area contributed by atoms with Crippen molar-refractivity contribution in [2.45, 2.75) is 123 Å². The molecule has 0 aliphatic heterocycles.